The molecule has 0 saturated heterocycles. The van der Waals surface area contributed by atoms with Gasteiger partial charge in [-0.05, 0) is 31.2 Å². The molecule has 1 N–H and O–H groups in total. The Morgan fingerprint density at radius 2 is 2.14 bits per heavy atom. The maximum absolute atomic E-state index is 11.1. The zero-order chi connectivity index (χ0) is 14.9. The number of nitrogens with zero attached hydrogens (tertiary/aromatic N) is 2. The van der Waals surface area contributed by atoms with Crippen molar-refractivity contribution < 1.29 is 18.7 Å². The fourth-order valence-electron chi connectivity index (χ4n) is 3.22. The van der Waals surface area contributed by atoms with Crippen LogP contribution in [0.1, 0.15) is 43.8 Å². The Kier molecular flexibility index (Phi) is 3.53. The molecule has 2 aromatic rings. The molecule has 0 atom stereocenters. The number of aromatic nitrogens is 2. The van der Waals surface area contributed by atoms with Crippen molar-refractivity contribution in [3.8, 4) is 11.5 Å². The SMILES string of the molecule is Cc1occc1-c1nnc(CC2(CC(=O)O)CCCC2)o1. The van der Waals surface area contributed by atoms with E-state index in [2.05, 4.69) is 10.2 Å². The van der Waals surface area contributed by atoms with Crippen LogP contribution < -0.4 is 0 Å². The molecule has 1 aliphatic carbocycles. The van der Waals surface area contributed by atoms with Gasteiger partial charge in [-0.15, -0.1) is 10.2 Å². The van der Waals surface area contributed by atoms with Crippen molar-refractivity contribution >= 4 is 5.97 Å². The minimum absolute atomic E-state index is 0.162. The second kappa shape index (κ2) is 5.35. The first-order valence-corrected chi connectivity index (χ1v) is 7.17. The van der Waals surface area contributed by atoms with Gasteiger partial charge in [-0.1, -0.05) is 12.8 Å². The molecule has 0 spiro atoms. The number of furan rings is 1. The van der Waals surface area contributed by atoms with E-state index in [0.717, 1.165) is 37.0 Å². The molecule has 2 heterocycles. The van der Waals surface area contributed by atoms with Gasteiger partial charge in [0, 0.05) is 6.42 Å². The molecule has 0 amide bonds. The van der Waals surface area contributed by atoms with Gasteiger partial charge >= 0.3 is 5.97 Å². The molecular formula is C15H18N2O4. The van der Waals surface area contributed by atoms with Crippen molar-refractivity contribution in [1.82, 2.24) is 10.2 Å². The molecule has 0 bridgehead atoms. The van der Waals surface area contributed by atoms with E-state index in [1.807, 2.05) is 6.92 Å². The summed E-state index contributed by atoms with van der Waals surface area (Å²) in [6, 6.07) is 1.79. The first-order chi connectivity index (χ1) is 10.1. The lowest BCUT2D eigenvalue weighted by atomic mass is 9.79. The number of carboxylic acids is 1. The van der Waals surface area contributed by atoms with Crippen LogP contribution in [0.25, 0.3) is 11.5 Å². The van der Waals surface area contributed by atoms with Gasteiger partial charge < -0.3 is 13.9 Å². The van der Waals surface area contributed by atoms with Gasteiger partial charge in [-0.25, -0.2) is 0 Å². The Morgan fingerprint density at radius 3 is 2.76 bits per heavy atom. The van der Waals surface area contributed by atoms with E-state index in [1.54, 1.807) is 12.3 Å². The molecule has 2 aromatic heterocycles. The average molecular weight is 290 g/mol. The molecule has 0 unspecified atom stereocenters. The van der Waals surface area contributed by atoms with Crippen LogP contribution in [0, 0.1) is 12.3 Å². The van der Waals surface area contributed by atoms with Crippen molar-refractivity contribution in [1.29, 1.82) is 0 Å². The maximum atomic E-state index is 11.1. The number of aryl methyl sites for hydroxylation is 1. The summed E-state index contributed by atoms with van der Waals surface area (Å²) >= 11 is 0. The molecule has 0 radical (unpaired) electrons. The Hall–Kier alpha value is -2.11. The van der Waals surface area contributed by atoms with Gasteiger partial charge in [0.2, 0.25) is 5.89 Å². The van der Waals surface area contributed by atoms with Crippen molar-refractivity contribution in [3.63, 3.8) is 0 Å². The summed E-state index contributed by atoms with van der Waals surface area (Å²) < 4.78 is 10.9. The normalized spacial score (nSPS) is 17.2. The van der Waals surface area contributed by atoms with E-state index in [0.29, 0.717) is 18.2 Å². The maximum Gasteiger partial charge on any atom is 0.303 e. The highest BCUT2D eigenvalue weighted by Gasteiger charge is 2.37. The minimum atomic E-state index is -0.762. The Bertz CT molecular complexity index is 638. The predicted octanol–water partition coefficient (Wildman–Crippen LogP) is 3.22. The molecule has 1 fully saturated rings. The summed E-state index contributed by atoms with van der Waals surface area (Å²) in [5.74, 6) is 0.905. The number of hydrogen-bond donors (Lipinski definition) is 1. The number of rotatable bonds is 5. The third kappa shape index (κ3) is 2.84. The van der Waals surface area contributed by atoms with Crippen molar-refractivity contribution in [2.45, 2.75) is 45.4 Å². The first-order valence-electron chi connectivity index (χ1n) is 7.17. The van der Waals surface area contributed by atoms with Crippen LogP contribution in [0.5, 0.6) is 0 Å². The summed E-state index contributed by atoms with van der Waals surface area (Å²) in [4.78, 5) is 11.1. The molecule has 6 nitrogen and oxygen atoms in total. The number of aliphatic carboxylic acids is 1. The van der Waals surface area contributed by atoms with Gasteiger partial charge in [0.15, 0.2) is 0 Å². The van der Waals surface area contributed by atoms with E-state index in [1.165, 1.54) is 0 Å². The lowest BCUT2D eigenvalue weighted by Gasteiger charge is -2.24. The Balaban J connectivity index is 1.80. The molecule has 112 valence electrons. The lowest BCUT2D eigenvalue weighted by Crippen LogP contribution is -2.23. The summed E-state index contributed by atoms with van der Waals surface area (Å²) in [5, 5.41) is 17.3. The van der Waals surface area contributed by atoms with Gasteiger partial charge in [0.1, 0.15) is 5.76 Å². The van der Waals surface area contributed by atoms with E-state index < -0.39 is 5.97 Å². The van der Waals surface area contributed by atoms with Crippen LogP contribution in [0.2, 0.25) is 0 Å². The summed E-state index contributed by atoms with van der Waals surface area (Å²) in [6.07, 6.45) is 6.21. The van der Waals surface area contributed by atoms with Crippen LogP contribution in [0.4, 0.5) is 0 Å². The predicted molar refractivity (Wildman–Crippen MR) is 73.6 cm³/mol. The van der Waals surface area contributed by atoms with Gasteiger partial charge in [0.05, 0.1) is 18.2 Å². The van der Waals surface area contributed by atoms with Crippen LogP contribution in [0.3, 0.4) is 0 Å². The molecule has 1 aliphatic rings. The third-order valence-electron chi connectivity index (χ3n) is 4.27. The minimum Gasteiger partial charge on any atom is -0.481 e. The van der Waals surface area contributed by atoms with Gasteiger partial charge in [0.25, 0.3) is 5.89 Å². The summed E-state index contributed by atoms with van der Waals surface area (Å²) in [6.45, 7) is 1.84. The smallest absolute Gasteiger partial charge is 0.303 e. The van der Waals surface area contributed by atoms with Crippen molar-refractivity contribution in [2.24, 2.45) is 5.41 Å². The monoisotopic (exact) mass is 290 g/mol. The molecule has 0 aromatic carbocycles. The largest absolute Gasteiger partial charge is 0.481 e. The van der Waals surface area contributed by atoms with Crippen LogP contribution >= 0.6 is 0 Å². The van der Waals surface area contributed by atoms with Crippen LogP contribution in [0.15, 0.2) is 21.2 Å². The van der Waals surface area contributed by atoms with Gasteiger partial charge in [-0.3, -0.25) is 4.79 Å². The fourth-order valence-corrected chi connectivity index (χ4v) is 3.22. The highest BCUT2D eigenvalue weighted by atomic mass is 16.4. The van der Waals surface area contributed by atoms with Gasteiger partial charge in [-0.2, -0.15) is 0 Å². The molecule has 21 heavy (non-hydrogen) atoms. The van der Waals surface area contributed by atoms with Crippen molar-refractivity contribution in [2.75, 3.05) is 0 Å². The van der Waals surface area contributed by atoms with Crippen molar-refractivity contribution in [3.05, 3.63) is 24.0 Å². The fraction of sp³-hybridized carbons (Fsp3) is 0.533. The number of carboxylic acid groups (broad SMARTS) is 1. The highest BCUT2D eigenvalue weighted by molar-refractivity contribution is 5.67. The number of carbonyl (C=O) groups is 1. The first kappa shape index (κ1) is 13.9. The van der Waals surface area contributed by atoms with E-state index in [4.69, 9.17) is 13.9 Å². The van der Waals surface area contributed by atoms with Crippen LogP contribution in [-0.2, 0) is 11.2 Å². The molecule has 1 saturated carbocycles. The third-order valence-corrected chi connectivity index (χ3v) is 4.27. The number of hydrogen-bond acceptors (Lipinski definition) is 5. The molecule has 6 heteroatoms. The second-order valence-electron chi connectivity index (χ2n) is 5.85. The summed E-state index contributed by atoms with van der Waals surface area (Å²) in [5.41, 5.74) is 0.550. The molecular weight excluding hydrogens is 272 g/mol. The summed E-state index contributed by atoms with van der Waals surface area (Å²) in [7, 11) is 0. The van der Waals surface area contributed by atoms with E-state index in [9.17, 15) is 4.79 Å². The average Bonchev–Trinajstić information content (AvgIpc) is 3.11. The van der Waals surface area contributed by atoms with E-state index in [-0.39, 0.29) is 11.8 Å². The highest BCUT2D eigenvalue weighted by Crippen LogP contribution is 2.43. The molecule has 0 aliphatic heterocycles. The van der Waals surface area contributed by atoms with Crippen LogP contribution in [-0.4, -0.2) is 21.3 Å². The second-order valence-corrected chi connectivity index (χ2v) is 5.85. The zero-order valence-corrected chi connectivity index (χ0v) is 12.0. The van der Waals surface area contributed by atoms with E-state index >= 15 is 0 Å². The Morgan fingerprint density at radius 1 is 1.38 bits per heavy atom. The topological polar surface area (TPSA) is 89.4 Å². The lowest BCUT2D eigenvalue weighted by molar-refractivity contribution is -0.139. The zero-order valence-electron chi connectivity index (χ0n) is 12.0. The molecule has 3 rings (SSSR count). The Labute approximate surface area is 122 Å². The quantitative estimate of drug-likeness (QED) is 0.909. The standard InChI is InChI=1S/C15H18N2O4/c1-10-11(4-7-20-10)14-17-16-12(21-14)8-15(9-13(18)19)5-2-3-6-15/h4,7H,2-3,5-6,8-9H2,1H3,(H,18,19).